The van der Waals surface area contributed by atoms with E-state index in [0.29, 0.717) is 11.8 Å². The molecule has 86 valence electrons. The van der Waals surface area contributed by atoms with Crippen LogP contribution in [-0.2, 0) is 0 Å². The second-order valence-electron chi connectivity index (χ2n) is 4.01. The fraction of sp³-hybridized carbons (Fsp3) is 0.818. The Labute approximate surface area is 91.3 Å². The monoisotopic (exact) mass is 211 g/mol. The quantitative estimate of drug-likeness (QED) is 0.785. The summed E-state index contributed by atoms with van der Waals surface area (Å²) in [6, 6.07) is -0.171. The van der Waals surface area contributed by atoms with E-state index in [0.717, 1.165) is 18.7 Å². The smallest absolute Gasteiger partial charge is 0.232 e. The summed E-state index contributed by atoms with van der Waals surface area (Å²) >= 11 is 0. The van der Waals surface area contributed by atoms with Crippen LogP contribution < -0.4 is 5.73 Å². The van der Waals surface area contributed by atoms with Gasteiger partial charge in [0.05, 0.1) is 6.04 Å². The molecule has 4 heteroatoms. The second-order valence-corrected chi connectivity index (χ2v) is 4.01. The molecule has 0 aliphatic heterocycles. The molecule has 0 saturated heterocycles. The van der Waals surface area contributed by atoms with Crippen LogP contribution in [-0.4, -0.2) is 10.2 Å². The van der Waals surface area contributed by atoms with Crippen molar-refractivity contribution < 1.29 is 4.42 Å². The van der Waals surface area contributed by atoms with Gasteiger partial charge in [-0.15, -0.1) is 10.2 Å². The summed E-state index contributed by atoms with van der Waals surface area (Å²) < 4.78 is 5.55. The summed E-state index contributed by atoms with van der Waals surface area (Å²) in [4.78, 5) is 0. The standard InChI is InChI=1S/C11H21N3O/c1-4-6-7-9(5-2)11-14-13-10(15-11)8(3)12/h8-9H,4-7,12H2,1-3H3. The molecule has 1 aromatic rings. The van der Waals surface area contributed by atoms with Gasteiger partial charge in [0.1, 0.15) is 0 Å². The van der Waals surface area contributed by atoms with Gasteiger partial charge >= 0.3 is 0 Å². The Balaban J connectivity index is 2.65. The lowest BCUT2D eigenvalue weighted by atomic mass is 10.00. The van der Waals surface area contributed by atoms with Crippen molar-refractivity contribution in [3.8, 4) is 0 Å². The Morgan fingerprint density at radius 3 is 2.40 bits per heavy atom. The molecular formula is C11H21N3O. The van der Waals surface area contributed by atoms with Gasteiger partial charge in [-0.3, -0.25) is 0 Å². The predicted molar refractivity (Wildman–Crippen MR) is 59.5 cm³/mol. The highest BCUT2D eigenvalue weighted by Gasteiger charge is 2.17. The van der Waals surface area contributed by atoms with Crippen LogP contribution in [0.15, 0.2) is 4.42 Å². The third-order valence-electron chi connectivity index (χ3n) is 2.59. The van der Waals surface area contributed by atoms with Crippen molar-refractivity contribution in [2.45, 2.75) is 58.4 Å². The van der Waals surface area contributed by atoms with Crippen LogP contribution >= 0.6 is 0 Å². The van der Waals surface area contributed by atoms with Crippen molar-refractivity contribution >= 4 is 0 Å². The number of nitrogens with two attached hydrogens (primary N) is 1. The van der Waals surface area contributed by atoms with Crippen molar-refractivity contribution in [3.05, 3.63) is 11.8 Å². The summed E-state index contributed by atoms with van der Waals surface area (Å²) in [7, 11) is 0. The summed E-state index contributed by atoms with van der Waals surface area (Å²) in [5.74, 6) is 1.68. The fourth-order valence-corrected chi connectivity index (χ4v) is 1.55. The molecule has 0 amide bonds. The van der Waals surface area contributed by atoms with Crippen molar-refractivity contribution in [1.29, 1.82) is 0 Å². The van der Waals surface area contributed by atoms with Gasteiger partial charge in [0.25, 0.3) is 0 Å². The molecule has 1 heterocycles. The number of hydrogen-bond donors (Lipinski definition) is 1. The van der Waals surface area contributed by atoms with Crippen LogP contribution in [0.1, 0.15) is 70.2 Å². The van der Waals surface area contributed by atoms with Crippen LogP contribution in [0.4, 0.5) is 0 Å². The highest BCUT2D eigenvalue weighted by atomic mass is 16.4. The molecule has 0 saturated carbocycles. The van der Waals surface area contributed by atoms with Gasteiger partial charge in [0.2, 0.25) is 11.8 Å². The van der Waals surface area contributed by atoms with E-state index in [4.69, 9.17) is 10.2 Å². The molecule has 0 aromatic carbocycles. The number of aromatic nitrogens is 2. The summed E-state index contributed by atoms with van der Waals surface area (Å²) in [5, 5.41) is 8.02. The molecule has 0 aliphatic carbocycles. The Morgan fingerprint density at radius 2 is 1.93 bits per heavy atom. The fourth-order valence-electron chi connectivity index (χ4n) is 1.55. The number of unbranched alkanes of at least 4 members (excludes halogenated alkanes) is 1. The maximum atomic E-state index is 5.67. The molecule has 0 spiro atoms. The molecule has 0 fully saturated rings. The van der Waals surface area contributed by atoms with Gasteiger partial charge in [-0.2, -0.15) is 0 Å². The maximum Gasteiger partial charge on any atom is 0.232 e. The molecule has 0 aliphatic rings. The zero-order valence-electron chi connectivity index (χ0n) is 9.86. The minimum atomic E-state index is -0.171. The number of hydrogen-bond acceptors (Lipinski definition) is 4. The molecule has 2 N–H and O–H groups in total. The van der Waals surface area contributed by atoms with Crippen LogP contribution in [0.3, 0.4) is 0 Å². The summed E-state index contributed by atoms with van der Waals surface area (Å²) in [5.41, 5.74) is 5.67. The lowest BCUT2D eigenvalue weighted by molar-refractivity contribution is 0.380. The van der Waals surface area contributed by atoms with Crippen molar-refractivity contribution in [3.63, 3.8) is 0 Å². The van der Waals surface area contributed by atoms with Gasteiger partial charge in [-0.05, 0) is 19.8 Å². The van der Waals surface area contributed by atoms with E-state index >= 15 is 0 Å². The van der Waals surface area contributed by atoms with E-state index in [1.807, 2.05) is 6.92 Å². The highest BCUT2D eigenvalue weighted by molar-refractivity contribution is 4.93. The van der Waals surface area contributed by atoms with E-state index in [-0.39, 0.29) is 6.04 Å². The lowest BCUT2D eigenvalue weighted by Gasteiger charge is -2.08. The average Bonchev–Trinajstić information content (AvgIpc) is 2.68. The molecule has 4 nitrogen and oxygen atoms in total. The first-order chi connectivity index (χ1) is 7.19. The maximum absolute atomic E-state index is 5.67. The van der Waals surface area contributed by atoms with E-state index < -0.39 is 0 Å². The zero-order valence-corrected chi connectivity index (χ0v) is 9.86. The Hall–Kier alpha value is -0.900. The Morgan fingerprint density at radius 1 is 1.27 bits per heavy atom. The molecule has 2 unspecified atom stereocenters. The van der Waals surface area contributed by atoms with Gasteiger partial charge in [-0.25, -0.2) is 0 Å². The molecule has 2 atom stereocenters. The van der Waals surface area contributed by atoms with Gasteiger partial charge in [-0.1, -0.05) is 26.7 Å². The molecule has 1 aromatic heterocycles. The molecular weight excluding hydrogens is 190 g/mol. The van der Waals surface area contributed by atoms with Crippen LogP contribution in [0.5, 0.6) is 0 Å². The van der Waals surface area contributed by atoms with E-state index in [2.05, 4.69) is 24.0 Å². The lowest BCUT2D eigenvalue weighted by Crippen LogP contribution is -2.04. The van der Waals surface area contributed by atoms with Gasteiger partial charge < -0.3 is 10.2 Å². The van der Waals surface area contributed by atoms with Crippen molar-refractivity contribution in [2.24, 2.45) is 5.73 Å². The first-order valence-electron chi connectivity index (χ1n) is 5.77. The first kappa shape index (κ1) is 12.2. The molecule has 0 radical (unpaired) electrons. The minimum absolute atomic E-state index is 0.171. The van der Waals surface area contributed by atoms with Crippen molar-refractivity contribution in [1.82, 2.24) is 10.2 Å². The summed E-state index contributed by atoms with van der Waals surface area (Å²) in [6.07, 6.45) is 4.56. The largest absolute Gasteiger partial charge is 0.423 e. The third-order valence-corrected chi connectivity index (χ3v) is 2.59. The van der Waals surface area contributed by atoms with Gasteiger partial charge in [0, 0.05) is 5.92 Å². The van der Waals surface area contributed by atoms with Crippen LogP contribution in [0.2, 0.25) is 0 Å². The van der Waals surface area contributed by atoms with Gasteiger partial charge in [0.15, 0.2) is 0 Å². The SMILES string of the molecule is CCCCC(CC)c1nnc(C(C)N)o1. The Kier molecular flexibility index (Phi) is 4.75. The normalized spacial score (nSPS) is 15.2. The van der Waals surface area contributed by atoms with E-state index in [1.165, 1.54) is 12.8 Å². The van der Waals surface area contributed by atoms with Crippen molar-refractivity contribution in [2.75, 3.05) is 0 Å². The van der Waals surface area contributed by atoms with E-state index in [9.17, 15) is 0 Å². The molecule has 15 heavy (non-hydrogen) atoms. The second kappa shape index (κ2) is 5.85. The first-order valence-corrected chi connectivity index (χ1v) is 5.77. The van der Waals surface area contributed by atoms with Crippen LogP contribution in [0.25, 0.3) is 0 Å². The minimum Gasteiger partial charge on any atom is -0.423 e. The van der Waals surface area contributed by atoms with Crippen LogP contribution in [0, 0.1) is 0 Å². The molecule has 1 rings (SSSR count). The number of rotatable bonds is 6. The molecule has 0 bridgehead atoms. The predicted octanol–water partition coefficient (Wildman–Crippen LogP) is 2.77. The zero-order chi connectivity index (χ0) is 11.3. The topological polar surface area (TPSA) is 64.9 Å². The third kappa shape index (κ3) is 3.30. The highest BCUT2D eigenvalue weighted by Crippen LogP contribution is 2.25. The number of nitrogens with zero attached hydrogens (tertiary/aromatic N) is 2. The average molecular weight is 211 g/mol. The summed E-state index contributed by atoms with van der Waals surface area (Å²) in [6.45, 7) is 6.19. The Bertz CT molecular complexity index is 283. The van der Waals surface area contributed by atoms with E-state index in [1.54, 1.807) is 0 Å².